The number of allylic oxidation sites excluding steroid dienone is 2. The SMILES string of the molecule is O=C1C(Cl)=C(Cl)C(=O)c2c(Cl)c(Cl)c(Cl)c(Cl)c21. The molecule has 2 rings (SSSR count). The molecule has 0 aliphatic heterocycles. The van der Waals surface area contributed by atoms with Crippen molar-refractivity contribution in [3.63, 3.8) is 0 Å². The van der Waals surface area contributed by atoms with Crippen molar-refractivity contribution in [1.82, 2.24) is 0 Å². The molecule has 0 bridgehead atoms. The Morgan fingerprint density at radius 3 is 1.06 bits per heavy atom. The van der Waals surface area contributed by atoms with Gasteiger partial charge in [-0.05, 0) is 0 Å². The van der Waals surface area contributed by atoms with Gasteiger partial charge in [0.2, 0.25) is 11.6 Å². The lowest BCUT2D eigenvalue weighted by molar-refractivity contribution is 0.0987. The molecule has 0 saturated heterocycles. The number of ketones is 2. The Kier molecular flexibility index (Phi) is 3.90. The van der Waals surface area contributed by atoms with Crippen molar-refractivity contribution in [3.8, 4) is 0 Å². The van der Waals surface area contributed by atoms with E-state index >= 15 is 0 Å². The molecule has 8 heteroatoms. The van der Waals surface area contributed by atoms with E-state index in [4.69, 9.17) is 69.6 Å². The van der Waals surface area contributed by atoms with Gasteiger partial charge in [-0.3, -0.25) is 9.59 Å². The Morgan fingerprint density at radius 1 is 0.500 bits per heavy atom. The predicted octanol–water partition coefficient (Wildman–Crippen LogP) is 5.37. The average molecular weight is 365 g/mol. The van der Waals surface area contributed by atoms with E-state index in [2.05, 4.69) is 0 Å². The Morgan fingerprint density at radius 2 is 0.778 bits per heavy atom. The fraction of sp³-hybridized carbons (Fsp3) is 0. The van der Waals surface area contributed by atoms with E-state index in [0.717, 1.165) is 0 Å². The summed E-state index contributed by atoms with van der Waals surface area (Å²) in [5.41, 5.74) is -0.370. The van der Waals surface area contributed by atoms with E-state index in [-0.39, 0.29) is 31.2 Å². The highest BCUT2D eigenvalue weighted by atomic mass is 35.5. The molecular formula is C10Cl6O2. The second-order valence-corrected chi connectivity index (χ2v) is 5.56. The Labute approximate surface area is 131 Å². The third kappa shape index (κ3) is 1.87. The van der Waals surface area contributed by atoms with Crippen molar-refractivity contribution in [2.45, 2.75) is 0 Å². The molecule has 0 saturated carbocycles. The van der Waals surface area contributed by atoms with Gasteiger partial charge >= 0.3 is 0 Å². The van der Waals surface area contributed by atoms with Crippen LogP contribution in [0.15, 0.2) is 10.1 Å². The first-order chi connectivity index (χ1) is 8.29. The van der Waals surface area contributed by atoms with Gasteiger partial charge in [0.1, 0.15) is 10.1 Å². The normalized spacial score (nSPS) is 15.2. The van der Waals surface area contributed by atoms with Crippen LogP contribution in [0.3, 0.4) is 0 Å². The van der Waals surface area contributed by atoms with Crippen molar-refractivity contribution in [2.24, 2.45) is 0 Å². The second-order valence-electron chi connectivity index (χ2n) is 3.29. The zero-order chi connectivity index (χ0) is 13.8. The van der Waals surface area contributed by atoms with Gasteiger partial charge in [-0.15, -0.1) is 0 Å². The molecule has 0 atom stereocenters. The summed E-state index contributed by atoms with van der Waals surface area (Å²) in [6.07, 6.45) is 0. The molecule has 0 unspecified atom stereocenters. The summed E-state index contributed by atoms with van der Waals surface area (Å²) < 4.78 is 0. The molecule has 1 aromatic rings. The number of fused-ring (bicyclic) bond motifs is 1. The molecule has 0 amide bonds. The highest BCUT2D eigenvalue weighted by Crippen LogP contribution is 2.45. The van der Waals surface area contributed by atoms with E-state index in [0.29, 0.717) is 0 Å². The van der Waals surface area contributed by atoms with Crippen molar-refractivity contribution in [1.29, 1.82) is 0 Å². The maximum Gasteiger partial charge on any atom is 0.208 e. The Hall–Kier alpha value is 0.0400. The van der Waals surface area contributed by atoms with Crippen molar-refractivity contribution in [3.05, 3.63) is 41.3 Å². The van der Waals surface area contributed by atoms with E-state index in [1.807, 2.05) is 0 Å². The molecule has 0 fully saturated rings. The first-order valence-electron chi connectivity index (χ1n) is 4.29. The van der Waals surface area contributed by atoms with Gasteiger partial charge in [0.05, 0.1) is 31.2 Å². The molecule has 0 heterocycles. The van der Waals surface area contributed by atoms with E-state index in [1.165, 1.54) is 0 Å². The minimum Gasteiger partial charge on any atom is -0.287 e. The van der Waals surface area contributed by atoms with E-state index in [9.17, 15) is 9.59 Å². The second kappa shape index (κ2) is 4.86. The lowest BCUT2D eigenvalue weighted by Gasteiger charge is -2.18. The topological polar surface area (TPSA) is 34.1 Å². The summed E-state index contributed by atoms with van der Waals surface area (Å²) in [4.78, 5) is 23.9. The van der Waals surface area contributed by atoms with Gasteiger partial charge < -0.3 is 0 Å². The van der Waals surface area contributed by atoms with Crippen LogP contribution in [-0.4, -0.2) is 11.6 Å². The summed E-state index contributed by atoms with van der Waals surface area (Å²) >= 11 is 34.7. The minimum atomic E-state index is -0.721. The maximum absolute atomic E-state index is 11.9. The summed E-state index contributed by atoms with van der Waals surface area (Å²) in [5.74, 6) is -1.44. The van der Waals surface area contributed by atoms with Crippen LogP contribution in [0.4, 0.5) is 0 Å². The van der Waals surface area contributed by atoms with Gasteiger partial charge in [0, 0.05) is 0 Å². The van der Waals surface area contributed by atoms with Crippen LogP contribution >= 0.6 is 69.6 Å². The largest absolute Gasteiger partial charge is 0.287 e. The van der Waals surface area contributed by atoms with Gasteiger partial charge in [0.25, 0.3) is 0 Å². The number of benzene rings is 1. The smallest absolute Gasteiger partial charge is 0.208 e. The number of halogens is 6. The number of hydrogen-bond acceptors (Lipinski definition) is 2. The third-order valence-electron chi connectivity index (χ3n) is 2.31. The van der Waals surface area contributed by atoms with Crippen LogP contribution in [0.25, 0.3) is 0 Å². The number of rotatable bonds is 0. The third-order valence-corrected chi connectivity index (χ3v) is 4.93. The lowest BCUT2D eigenvalue weighted by atomic mass is 9.94. The van der Waals surface area contributed by atoms with Crippen LogP contribution in [-0.2, 0) is 0 Å². The fourth-order valence-corrected chi connectivity index (χ4v) is 2.86. The van der Waals surface area contributed by atoms with Gasteiger partial charge in [-0.1, -0.05) is 69.6 Å². The van der Waals surface area contributed by atoms with Crippen LogP contribution in [0.2, 0.25) is 20.1 Å². The van der Waals surface area contributed by atoms with Crippen molar-refractivity contribution in [2.75, 3.05) is 0 Å². The molecule has 0 N–H and O–H groups in total. The van der Waals surface area contributed by atoms with Crippen LogP contribution < -0.4 is 0 Å². The van der Waals surface area contributed by atoms with Crippen LogP contribution in [0, 0.1) is 0 Å². The number of hydrogen-bond donors (Lipinski definition) is 0. The van der Waals surface area contributed by atoms with Gasteiger partial charge in [-0.2, -0.15) is 0 Å². The monoisotopic (exact) mass is 362 g/mol. The molecule has 0 radical (unpaired) electrons. The van der Waals surface area contributed by atoms with Crippen LogP contribution in [0.5, 0.6) is 0 Å². The van der Waals surface area contributed by atoms with Crippen LogP contribution in [0.1, 0.15) is 20.7 Å². The molecule has 0 aromatic heterocycles. The van der Waals surface area contributed by atoms with E-state index < -0.39 is 21.6 Å². The van der Waals surface area contributed by atoms with Crippen molar-refractivity contribution >= 4 is 81.2 Å². The molecule has 0 spiro atoms. The molecular weight excluding hydrogens is 365 g/mol. The number of carbonyl (C=O) groups is 2. The Bertz CT molecular complexity index is 592. The quantitative estimate of drug-likeness (QED) is 0.458. The molecule has 18 heavy (non-hydrogen) atoms. The zero-order valence-corrected chi connectivity index (χ0v) is 12.6. The van der Waals surface area contributed by atoms with Gasteiger partial charge in [-0.25, -0.2) is 0 Å². The maximum atomic E-state index is 11.9. The summed E-state index contributed by atoms with van der Waals surface area (Å²) in [7, 11) is 0. The number of carbonyl (C=O) groups excluding carboxylic acids is 2. The highest BCUT2D eigenvalue weighted by Gasteiger charge is 2.36. The first-order valence-corrected chi connectivity index (χ1v) is 6.56. The van der Waals surface area contributed by atoms with Crippen molar-refractivity contribution < 1.29 is 9.59 Å². The van der Waals surface area contributed by atoms with Gasteiger partial charge in [0.15, 0.2) is 0 Å². The average Bonchev–Trinajstić information content (AvgIpc) is 2.35. The number of Topliss-reactive ketones (excluding diaryl/α,β-unsaturated/α-hetero) is 2. The first kappa shape index (κ1) is 14.4. The Balaban J connectivity index is 2.96. The fourth-order valence-electron chi connectivity index (χ4n) is 1.48. The predicted molar refractivity (Wildman–Crippen MR) is 73.9 cm³/mol. The lowest BCUT2D eigenvalue weighted by Crippen LogP contribution is -2.19. The van der Waals surface area contributed by atoms with E-state index in [1.54, 1.807) is 0 Å². The summed E-state index contributed by atoms with van der Waals surface area (Å²) in [5, 5.41) is -1.45. The molecule has 1 aliphatic rings. The highest BCUT2D eigenvalue weighted by molar-refractivity contribution is 6.63. The standard InChI is InChI=1S/C10Cl6O2/c11-3-1-2(4(12)6(14)5(3)13)10(18)8(16)7(15)9(1)17. The molecule has 2 nitrogen and oxygen atoms in total. The summed E-state index contributed by atoms with van der Waals surface area (Å²) in [6, 6.07) is 0. The molecule has 1 aliphatic carbocycles. The summed E-state index contributed by atoms with van der Waals surface area (Å²) in [6.45, 7) is 0. The molecule has 1 aromatic carbocycles. The molecule has 94 valence electrons. The zero-order valence-electron chi connectivity index (χ0n) is 8.08. The minimum absolute atomic E-state index is 0.120.